The number of rotatable bonds is 7. The van der Waals surface area contributed by atoms with Crippen LogP contribution in [0.25, 0.3) is 0 Å². The van der Waals surface area contributed by atoms with E-state index in [-0.39, 0.29) is 18.2 Å². The highest BCUT2D eigenvalue weighted by atomic mass is 16.6. The molecule has 0 aromatic rings. The van der Waals surface area contributed by atoms with Crippen LogP contribution in [-0.2, 0) is 4.74 Å². The maximum absolute atomic E-state index is 11.4. The molecule has 5 heteroatoms. The van der Waals surface area contributed by atoms with E-state index in [0.717, 1.165) is 6.42 Å². The molecule has 0 rings (SSSR count). The number of amides is 1. The zero-order valence-electron chi connectivity index (χ0n) is 11.3. The monoisotopic (exact) mass is 246 g/mol. The van der Waals surface area contributed by atoms with Crippen molar-refractivity contribution in [2.24, 2.45) is 5.73 Å². The zero-order chi connectivity index (χ0) is 13.4. The van der Waals surface area contributed by atoms with Crippen molar-refractivity contribution in [2.45, 2.75) is 71.2 Å². The van der Waals surface area contributed by atoms with Crippen molar-refractivity contribution in [3.63, 3.8) is 0 Å². The molecule has 17 heavy (non-hydrogen) atoms. The molecular weight excluding hydrogens is 220 g/mol. The van der Waals surface area contributed by atoms with Crippen LogP contribution < -0.4 is 11.1 Å². The van der Waals surface area contributed by atoms with E-state index in [0.29, 0.717) is 12.8 Å². The molecule has 0 fully saturated rings. The normalized spacial score (nSPS) is 16.4. The van der Waals surface area contributed by atoms with Crippen LogP contribution in [0, 0.1) is 0 Å². The standard InChI is InChI=1S/C12H26N2O3/c1-5-9(7-11(15)10(13)6-2)14-12(16)17-8(3)4/h8-11,15H,5-7,13H2,1-4H3,(H,14,16). The maximum Gasteiger partial charge on any atom is 0.407 e. The third-order valence-electron chi connectivity index (χ3n) is 2.65. The minimum atomic E-state index is -0.593. The number of aliphatic hydroxyl groups is 1. The van der Waals surface area contributed by atoms with E-state index in [9.17, 15) is 9.90 Å². The summed E-state index contributed by atoms with van der Waals surface area (Å²) < 4.78 is 4.99. The Bertz CT molecular complexity index is 222. The van der Waals surface area contributed by atoms with Gasteiger partial charge in [-0.25, -0.2) is 4.79 Å². The van der Waals surface area contributed by atoms with Crippen molar-refractivity contribution in [1.29, 1.82) is 0 Å². The second-order valence-corrected chi connectivity index (χ2v) is 4.58. The van der Waals surface area contributed by atoms with E-state index in [1.807, 2.05) is 13.8 Å². The summed E-state index contributed by atoms with van der Waals surface area (Å²) in [4.78, 5) is 11.4. The molecular formula is C12H26N2O3. The molecule has 3 unspecified atom stereocenters. The molecule has 0 aromatic carbocycles. The molecule has 0 radical (unpaired) electrons. The van der Waals surface area contributed by atoms with Crippen LogP contribution in [0.1, 0.15) is 47.0 Å². The molecule has 0 bridgehead atoms. The Hall–Kier alpha value is -0.810. The molecule has 5 nitrogen and oxygen atoms in total. The number of aliphatic hydroxyl groups excluding tert-OH is 1. The first kappa shape index (κ1) is 16.2. The molecule has 0 aromatic heterocycles. The van der Waals surface area contributed by atoms with Gasteiger partial charge in [0.05, 0.1) is 12.2 Å². The Morgan fingerprint density at radius 1 is 1.35 bits per heavy atom. The Labute approximate surface area is 104 Å². The van der Waals surface area contributed by atoms with Crippen LogP contribution in [0.15, 0.2) is 0 Å². The van der Waals surface area contributed by atoms with E-state index >= 15 is 0 Å². The van der Waals surface area contributed by atoms with Gasteiger partial charge in [-0.15, -0.1) is 0 Å². The van der Waals surface area contributed by atoms with Crippen LogP contribution in [0.2, 0.25) is 0 Å². The quantitative estimate of drug-likeness (QED) is 0.633. The number of hydrogen-bond acceptors (Lipinski definition) is 4. The van der Waals surface area contributed by atoms with Crippen molar-refractivity contribution in [3.05, 3.63) is 0 Å². The Morgan fingerprint density at radius 2 is 1.94 bits per heavy atom. The van der Waals surface area contributed by atoms with Gasteiger partial charge in [0.25, 0.3) is 0 Å². The molecule has 1 amide bonds. The van der Waals surface area contributed by atoms with E-state index in [2.05, 4.69) is 5.32 Å². The number of nitrogens with one attached hydrogen (secondary N) is 1. The van der Waals surface area contributed by atoms with Crippen LogP contribution in [0.3, 0.4) is 0 Å². The average molecular weight is 246 g/mol. The lowest BCUT2D eigenvalue weighted by molar-refractivity contribution is 0.0974. The van der Waals surface area contributed by atoms with Crippen molar-refractivity contribution < 1.29 is 14.6 Å². The fourth-order valence-electron chi connectivity index (χ4n) is 1.48. The number of nitrogens with two attached hydrogens (primary N) is 1. The summed E-state index contributed by atoms with van der Waals surface area (Å²) in [6.07, 6.45) is 0.733. The smallest absolute Gasteiger partial charge is 0.407 e. The van der Waals surface area contributed by atoms with E-state index < -0.39 is 12.2 Å². The van der Waals surface area contributed by atoms with Gasteiger partial charge in [-0.1, -0.05) is 13.8 Å². The molecule has 0 aliphatic carbocycles. The van der Waals surface area contributed by atoms with Crippen molar-refractivity contribution in [3.8, 4) is 0 Å². The van der Waals surface area contributed by atoms with Gasteiger partial charge < -0.3 is 20.9 Å². The summed E-state index contributed by atoms with van der Waals surface area (Å²) in [5.74, 6) is 0. The fourth-order valence-corrected chi connectivity index (χ4v) is 1.48. The number of carbonyl (C=O) groups is 1. The summed E-state index contributed by atoms with van der Waals surface area (Å²) >= 11 is 0. The topological polar surface area (TPSA) is 84.6 Å². The van der Waals surface area contributed by atoms with Gasteiger partial charge in [0.1, 0.15) is 0 Å². The Morgan fingerprint density at radius 3 is 2.35 bits per heavy atom. The number of hydrogen-bond donors (Lipinski definition) is 3. The first-order chi connectivity index (χ1) is 7.90. The predicted molar refractivity (Wildman–Crippen MR) is 67.7 cm³/mol. The zero-order valence-corrected chi connectivity index (χ0v) is 11.3. The number of carbonyl (C=O) groups excluding carboxylic acids is 1. The minimum Gasteiger partial charge on any atom is -0.447 e. The molecule has 0 aliphatic heterocycles. The summed E-state index contributed by atoms with van der Waals surface area (Å²) in [6.45, 7) is 7.46. The summed E-state index contributed by atoms with van der Waals surface area (Å²) in [5.41, 5.74) is 5.74. The lowest BCUT2D eigenvalue weighted by atomic mass is 10.0. The Balaban J connectivity index is 4.11. The molecule has 0 heterocycles. The lowest BCUT2D eigenvalue weighted by Crippen LogP contribution is -2.43. The maximum atomic E-state index is 11.4. The second-order valence-electron chi connectivity index (χ2n) is 4.58. The molecule has 4 N–H and O–H groups in total. The molecule has 0 aliphatic rings. The highest BCUT2D eigenvalue weighted by Crippen LogP contribution is 2.07. The molecule has 102 valence electrons. The van der Waals surface area contributed by atoms with Gasteiger partial charge >= 0.3 is 6.09 Å². The third-order valence-corrected chi connectivity index (χ3v) is 2.65. The molecule has 0 saturated heterocycles. The number of alkyl carbamates (subject to hydrolysis) is 1. The molecule has 3 atom stereocenters. The number of ether oxygens (including phenoxy) is 1. The van der Waals surface area contributed by atoms with Crippen LogP contribution >= 0.6 is 0 Å². The Kier molecular flexibility index (Phi) is 7.91. The third kappa shape index (κ3) is 7.18. The first-order valence-electron chi connectivity index (χ1n) is 6.31. The first-order valence-corrected chi connectivity index (χ1v) is 6.31. The highest BCUT2D eigenvalue weighted by Gasteiger charge is 2.20. The molecule has 0 spiro atoms. The van der Waals surface area contributed by atoms with Crippen molar-refractivity contribution >= 4 is 6.09 Å². The van der Waals surface area contributed by atoms with E-state index in [4.69, 9.17) is 10.5 Å². The summed E-state index contributed by atoms with van der Waals surface area (Å²) in [5, 5.41) is 12.5. The lowest BCUT2D eigenvalue weighted by Gasteiger charge is -2.23. The van der Waals surface area contributed by atoms with Gasteiger partial charge in [0.15, 0.2) is 0 Å². The largest absolute Gasteiger partial charge is 0.447 e. The van der Waals surface area contributed by atoms with Gasteiger partial charge in [-0.2, -0.15) is 0 Å². The summed E-state index contributed by atoms with van der Waals surface area (Å²) in [6, 6.07) is -0.346. The van der Waals surface area contributed by atoms with E-state index in [1.54, 1.807) is 13.8 Å². The van der Waals surface area contributed by atoms with Crippen LogP contribution in [0.5, 0.6) is 0 Å². The van der Waals surface area contributed by atoms with Gasteiger partial charge in [-0.3, -0.25) is 0 Å². The highest BCUT2D eigenvalue weighted by molar-refractivity contribution is 5.67. The minimum absolute atomic E-state index is 0.103. The van der Waals surface area contributed by atoms with Gasteiger partial charge in [0.2, 0.25) is 0 Å². The SMILES string of the molecule is CCC(CC(O)C(N)CC)NC(=O)OC(C)C. The van der Waals surface area contributed by atoms with Gasteiger partial charge in [-0.05, 0) is 33.1 Å². The van der Waals surface area contributed by atoms with Crippen molar-refractivity contribution in [2.75, 3.05) is 0 Å². The summed E-state index contributed by atoms with van der Waals surface area (Å²) in [7, 11) is 0. The van der Waals surface area contributed by atoms with Crippen LogP contribution in [0.4, 0.5) is 4.79 Å². The molecule has 0 saturated carbocycles. The fraction of sp³-hybridized carbons (Fsp3) is 0.917. The average Bonchev–Trinajstić information content (AvgIpc) is 2.25. The second kappa shape index (κ2) is 8.31. The van der Waals surface area contributed by atoms with Crippen molar-refractivity contribution in [1.82, 2.24) is 5.32 Å². The van der Waals surface area contributed by atoms with Gasteiger partial charge in [0, 0.05) is 12.1 Å². The van der Waals surface area contributed by atoms with Crippen LogP contribution in [-0.4, -0.2) is 35.5 Å². The van der Waals surface area contributed by atoms with E-state index in [1.165, 1.54) is 0 Å². The predicted octanol–water partition coefficient (Wildman–Crippen LogP) is 1.39.